The largest absolute Gasteiger partial charge is 0.469 e. The summed E-state index contributed by atoms with van der Waals surface area (Å²) in [5.41, 5.74) is 0. The second-order valence-corrected chi connectivity index (χ2v) is 7.51. The molecule has 0 aromatic carbocycles. The van der Waals surface area contributed by atoms with E-state index in [1.807, 2.05) is 0 Å². The average molecular weight is 426 g/mol. The molecule has 7 heteroatoms. The van der Waals surface area contributed by atoms with Crippen LogP contribution in [0, 0.1) is 0 Å². The van der Waals surface area contributed by atoms with E-state index in [1.54, 1.807) is 0 Å². The number of hydrogen-bond acceptors (Lipinski definition) is 3. The first-order valence-electron chi connectivity index (χ1n) is 10.2. The van der Waals surface area contributed by atoms with Gasteiger partial charge >= 0.3 is 7.82 Å². The van der Waals surface area contributed by atoms with Gasteiger partial charge in [-0.1, -0.05) is 67.7 Å². The highest BCUT2D eigenvalue weighted by Crippen LogP contribution is 2.35. The van der Waals surface area contributed by atoms with Crippen molar-refractivity contribution in [3.63, 3.8) is 0 Å². The highest BCUT2D eigenvalue weighted by atomic mass is 31.2. The molecule has 1 amide bonds. The number of phosphoric acid groups is 1. The number of carbonyl (C=O) groups is 1. The van der Waals surface area contributed by atoms with E-state index in [4.69, 9.17) is 9.79 Å². The van der Waals surface area contributed by atoms with Crippen molar-refractivity contribution in [1.82, 2.24) is 5.32 Å². The first kappa shape index (κ1) is 27.3. The number of nitrogens with one attached hydrogen (secondary N) is 1. The smallest absolute Gasteiger partial charge is 0.354 e. The molecule has 0 aromatic heterocycles. The minimum Gasteiger partial charge on any atom is -0.354 e. The Bertz CT molecular complexity index is 602. The molecule has 3 N–H and O–H groups in total. The average Bonchev–Trinajstić information content (AvgIpc) is 2.67. The summed E-state index contributed by atoms with van der Waals surface area (Å²) in [6, 6.07) is 0. The fourth-order valence-electron chi connectivity index (χ4n) is 2.19. The van der Waals surface area contributed by atoms with Gasteiger partial charge in [0.1, 0.15) is 0 Å². The zero-order valence-electron chi connectivity index (χ0n) is 17.4. The standard InChI is InChI=1S/C22H36NO5P/c1-2-3-4-5-6-7-8-9-10-11-12-13-14-15-16-17-18-19-22(24)23-20-21-28-29(25,26)27/h3-4,6-7,9-10,12-13,15-16H,2,5,8,11,14,17-21H2,1H3,(H,23,24)(H2,25,26,27)/b4-3?,7-6?,10-9?,13-12?,16-15-. The van der Waals surface area contributed by atoms with Gasteiger partial charge in [-0.2, -0.15) is 0 Å². The molecule has 0 bridgehead atoms. The summed E-state index contributed by atoms with van der Waals surface area (Å²) in [5, 5.41) is 2.55. The van der Waals surface area contributed by atoms with Crippen molar-refractivity contribution in [1.29, 1.82) is 0 Å². The lowest BCUT2D eigenvalue weighted by atomic mass is 10.2. The van der Waals surface area contributed by atoms with Gasteiger partial charge in [0.05, 0.1) is 6.61 Å². The van der Waals surface area contributed by atoms with Crippen LogP contribution in [0.2, 0.25) is 0 Å². The third kappa shape index (κ3) is 24.2. The molecular formula is C22H36NO5P. The van der Waals surface area contributed by atoms with E-state index in [-0.39, 0.29) is 19.1 Å². The van der Waals surface area contributed by atoms with E-state index in [0.29, 0.717) is 6.42 Å². The molecule has 0 heterocycles. The van der Waals surface area contributed by atoms with E-state index >= 15 is 0 Å². The zero-order chi connectivity index (χ0) is 21.6. The van der Waals surface area contributed by atoms with Gasteiger partial charge in [0, 0.05) is 13.0 Å². The molecule has 0 radical (unpaired) electrons. The molecule has 0 unspecified atom stereocenters. The lowest BCUT2D eigenvalue weighted by molar-refractivity contribution is -0.121. The molecule has 6 nitrogen and oxygen atoms in total. The van der Waals surface area contributed by atoms with Crippen molar-refractivity contribution >= 4 is 13.7 Å². The zero-order valence-corrected chi connectivity index (χ0v) is 18.3. The van der Waals surface area contributed by atoms with Crippen LogP contribution in [0.4, 0.5) is 0 Å². The first-order chi connectivity index (χ1) is 14.0. The third-order valence-electron chi connectivity index (χ3n) is 3.62. The maximum atomic E-state index is 11.5. The van der Waals surface area contributed by atoms with Crippen molar-refractivity contribution < 1.29 is 23.7 Å². The number of rotatable bonds is 17. The Hall–Kier alpha value is -1.72. The number of hydrogen-bond donors (Lipinski definition) is 3. The van der Waals surface area contributed by atoms with Gasteiger partial charge in [-0.3, -0.25) is 9.32 Å². The Labute approximate surface area is 175 Å². The minimum atomic E-state index is -4.46. The summed E-state index contributed by atoms with van der Waals surface area (Å²) >= 11 is 0. The normalized spacial score (nSPS) is 13.1. The van der Waals surface area contributed by atoms with Gasteiger partial charge in [0.15, 0.2) is 0 Å². The maximum Gasteiger partial charge on any atom is 0.469 e. The summed E-state index contributed by atoms with van der Waals surface area (Å²) in [6.07, 6.45) is 28.3. The van der Waals surface area contributed by atoms with E-state index in [1.165, 1.54) is 0 Å². The predicted molar refractivity (Wildman–Crippen MR) is 119 cm³/mol. The van der Waals surface area contributed by atoms with Crippen molar-refractivity contribution in [2.45, 2.75) is 58.3 Å². The van der Waals surface area contributed by atoms with Gasteiger partial charge in [0.2, 0.25) is 5.91 Å². The molecule has 164 valence electrons. The SMILES string of the molecule is CCC=CCC=CCC=CCC=CC/C=C\CCCC(=O)NCCOP(=O)(O)O. The Balaban J connectivity index is 3.54. The second-order valence-electron chi connectivity index (χ2n) is 6.27. The Morgan fingerprint density at radius 3 is 1.83 bits per heavy atom. The molecule has 0 saturated heterocycles. The maximum absolute atomic E-state index is 11.5. The number of allylic oxidation sites excluding steroid dienone is 10. The highest BCUT2D eigenvalue weighted by molar-refractivity contribution is 7.46. The Morgan fingerprint density at radius 2 is 1.34 bits per heavy atom. The Kier molecular flexibility index (Phi) is 18.4. The van der Waals surface area contributed by atoms with Crippen molar-refractivity contribution in [2.75, 3.05) is 13.2 Å². The molecule has 0 spiro atoms. The van der Waals surface area contributed by atoms with Crippen LogP contribution in [-0.4, -0.2) is 28.8 Å². The minimum absolute atomic E-state index is 0.0889. The molecule has 0 aromatic rings. The number of amides is 1. The summed E-state index contributed by atoms with van der Waals surface area (Å²) in [5.74, 6) is -0.147. The van der Waals surface area contributed by atoms with E-state index in [2.05, 4.69) is 77.5 Å². The number of unbranched alkanes of at least 4 members (excludes halogenated alkanes) is 1. The van der Waals surface area contributed by atoms with Crippen molar-refractivity contribution in [3.8, 4) is 0 Å². The predicted octanol–water partition coefficient (Wildman–Crippen LogP) is 5.13. The van der Waals surface area contributed by atoms with Gasteiger partial charge in [-0.15, -0.1) is 0 Å². The quantitative estimate of drug-likeness (QED) is 0.170. The number of phosphoric ester groups is 1. The molecule has 0 aliphatic rings. The Morgan fingerprint density at radius 1 is 0.862 bits per heavy atom. The van der Waals surface area contributed by atoms with Crippen LogP contribution >= 0.6 is 7.82 Å². The van der Waals surface area contributed by atoms with Crippen LogP contribution in [0.15, 0.2) is 60.8 Å². The summed E-state index contributed by atoms with van der Waals surface area (Å²) in [6.45, 7) is 2.02. The van der Waals surface area contributed by atoms with E-state index < -0.39 is 7.82 Å². The van der Waals surface area contributed by atoms with Crippen LogP contribution in [0.5, 0.6) is 0 Å². The first-order valence-corrected chi connectivity index (χ1v) is 11.7. The molecule has 29 heavy (non-hydrogen) atoms. The molecule has 0 aliphatic heterocycles. The number of carbonyl (C=O) groups excluding carboxylic acids is 1. The van der Waals surface area contributed by atoms with Crippen LogP contribution in [0.1, 0.15) is 58.3 Å². The van der Waals surface area contributed by atoms with Gasteiger partial charge in [-0.25, -0.2) is 4.57 Å². The van der Waals surface area contributed by atoms with Crippen LogP contribution in [0.3, 0.4) is 0 Å². The van der Waals surface area contributed by atoms with Gasteiger partial charge < -0.3 is 15.1 Å². The van der Waals surface area contributed by atoms with Crippen LogP contribution in [0.25, 0.3) is 0 Å². The summed E-state index contributed by atoms with van der Waals surface area (Å²) in [7, 11) is -4.46. The molecule has 0 saturated carbocycles. The second kappa shape index (κ2) is 19.6. The van der Waals surface area contributed by atoms with E-state index in [9.17, 15) is 9.36 Å². The van der Waals surface area contributed by atoms with Gasteiger partial charge in [0.25, 0.3) is 0 Å². The van der Waals surface area contributed by atoms with E-state index in [0.717, 1.165) is 44.9 Å². The summed E-state index contributed by atoms with van der Waals surface area (Å²) < 4.78 is 14.7. The molecule has 0 aliphatic carbocycles. The lowest BCUT2D eigenvalue weighted by Crippen LogP contribution is -2.26. The summed E-state index contributed by atoms with van der Waals surface area (Å²) in [4.78, 5) is 28.5. The lowest BCUT2D eigenvalue weighted by Gasteiger charge is -2.06. The molecule has 0 atom stereocenters. The van der Waals surface area contributed by atoms with Crippen molar-refractivity contribution in [3.05, 3.63) is 60.8 Å². The molecule has 0 rings (SSSR count). The van der Waals surface area contributed by atoms with Crippen LogP contribution < -0.4 is 5.32 Å². The van der Waals surface area contributed by atoms with Crippen LogP contribution in [-0.2, 0) is 13.9 Å². The fraction of sp³-hybridized carbons (Fsp3) is 0.500. The topological polar surface area (TPSA) is 95.9 Å². The molecule has 0 fully saturated rings. The highest BCUT2D eigenvalue weighted by Gasteiger charge is 2.12. The monoisotopic (exact) mass is 425 g/mol. The fourth-order valence-corrected chi connectivity index (χ4v) is 2.52. The third-order valence-corrected chi connectivity index (χ3v) is 4.13. The van der Waals surface area contributed by atoms with Crippen molar-refractivity contribution in [2.24, 2.45) is 0 Å². The molecular weight excluding hydrogens is 389 g/mol. The van der Waals surface area contributed by atoms with Gasteiger partial charge in [-0.05, 0) is 44.9 Å².